The number of carbonyl (C=O) groups excluding carboxylic acids is 3. The Labute approximate surface area is 263 Å². The van der Waals surface area contributed by atoms with Crippen LogP contribution in [0.3, 0.4) is 0 Å². The number of benzene rings is 1. The number of nitrogen functional groups attached to an aromatic ring is 1. The van der Waals surface area contributed by atoms with Crippen molar-refractivity contribution in [2.75, 3.05) is 12.3 Å². The number of hydrogen-bond donors (Lipinski definition) is 7. The van der Waals surface area contributed by atoms with E-state index < -0.39 is 18.1 Å². The van der Waals surface area contributed by atoms with Crippen molar-refractivity contribution in [1.29, 1.82) is 0 Å². The smallest absolute Gasteiger partial charge is 0.303 e. The molecule has 8 N–H and O–H groups in total. The third-order valence-electron chi connectivity index (χ3n) is 7.55. The van der Waals surface area contributed by atoms with Crippen LogP contribution in [-0.4, -0.2) is 59.5 Å². The second-order valence-corrected chi connectivity index (χ2v) is 12.1. The van der Waals surface area contributed by atoms with E-state index in [0.29, 0.717) is 43.2 Å². The maximum absolute atomic E-state index is 13.4. The largest absolute Gasteiger partial charge is 0.481 e. The molecule has 0 spiro atoms. The lowest BCUT2D eigenvalue weighted by atomic mass is 9.96. The fourth-order valence-corrected chi connectivity index (χ4v) is 4.81. The van der Waals surface area contributed by atoms with Crippen molar-refractivity contribution < 1.29 is 24.3 Å². The molecule has 5 atom stereocenters. The summed E-state index contributed by atoms with van der Waals surface area (Å²) < 4.78 is 0. The first kappa shape index (κ1) is 38.4. The third kappa shape index (κ3) is 15.2. The maximum Gasteiger partial charge on any atom is 0.303 e. The summed E-state index contributed by atoms with van der Waals surface area (Å²) in [5.74, 6) is -1.46. The first-order valence-electron chi connectivity index (χ1n) is 15.9. The molecule has 11 heteroatoms. The summed E-state index contributed by atoms with van der Waals surface area (Å²) in [6.45, 7) is 17.1. The number of carbonyl (C=O) groups is 4. The molecule has 0 aliphatic rings. The van der Waals surface area contributed by atoms with Gasteiger partial charge in [0.2, 0.25) is 17.7 Å². The predicted octanol–water partition coefficient (Wildman–Crippen LogP) is 3.45. The minimum Gasteiger partial charge on any atom is -0.481 e. The molecule has 0 radical (unpaired) electrons. The number of carboxylic acid groups (broad SMARTS) is 1. The number of hydrogen-bond acceptors (Lipinski definition) is 7. The van der Waals surface area contributed by atoms with Crippen LogP contribution in [0.5, 0.6) is 0 Å². The molecule has 3 amide bonds. The van der Waals surface area contributed by atoms with Crippen molar-refractivity contribution in [3.05, 3.63) is 42.1 Å². The van der Waals surface area contributed by atoms with Crippen LogP contribution in [0.1, 0.15) is 92.1 Å². The Hall–Kier alpha value is -3.60. The molecule has 1 aromatic carbocycles. The van der Waals surface area contributed by atoms with Crippen LogP contribution in [0.2, 0.25) is 0 Å². The standard InChI is InChI=1S/C33H56N6O5/c1-8-12-28(38-33(44)31(22(5)9-2)39-29(40)15-11-16-30(41)42)23(6)37-27(17-21(3)4)20-35-24(7)32(43)36-19-25-13-10-14-26(34)18-25/h10,13-14,18,21-22,24,27-28,31,35,37H,6,8-9,11-12,15-17,19-20,34H2,1-5,7H3,(H,36,43)(H,38,44)(H,39,40)(H,41,42)/t22-,24-,27-,28-,31-/m0/s1. The lowest BCUT2D eigenvalue weighted by Gasteiger charge is -2.31. The highest BCUT2D eigenvalue weighted by molar-refractivity contribution is 5.88. The molecule has 0 saturated heterocycles. The van der Waals surface area contributed by atoms with E-state index in [2.05, 4.69) is 47.0 Å². The van der Waals surface area contributed by atoms with Gasteiger partial charge in [0.25, 0.3) is 0 Å². The van der Waals surface area contributed by atoms with Gasteiger partial charge in [-0.05, 0) is 55.7 Å². The Bertz CT molecular complexity index is 1080. The fourth-order valence-electron chi connectivity index (χ4n) is 4.81. The number of nitrogens with one attached hydrogen (secondary N) is 5. The first-order chi connectivity index (χ1) is 20.8. The van der Waals surface area contributed by atoms with Crippen molar-refractivity contribution in [1.82, 2.24) is 26.6 Å². The summed E-state index contributed by atoms with van der Waals surface area (Å²) >= 11 is 0. The number of aliphatic carboxylic acids is 1. The zero-order valence-corrected chi connectivity index (χ0v) is 27.5. The zero-order chi connectivity index (χ0) is 33.2. The summed E-state index contributed by atoms with van der Waals surface area (Å²) in [6.07, 6.45) is 3.11. The minimum atomic E-state index is -0.958. The van der Waals surface area contributed by atoms with Gasteiger partial charge in [0.05, 0.1) is 12.1 Å². The molecule has 0 aromatic heterocycles. The average molecular weight is 617 g/mol. The van der Waals surface area contributed by atoms with Crippen LogP contribution < -0.4 is 32.3 Å². The maximum atomic E-state index is 13.4. The molecule has 0 aliphatic heterocycles. The minimum absolute atomic E-state index is 0.0396. The highest BCUT2D eigenvalue weighted by atomic mass is 16.4. The number of amides is 3. The molecule has 11 nitrogen and oxygen atoms in total. The molecular weight excluding hydrogens is 560 g/mol. The van der Waals surface area contributed by atoms with Crippen LogP contribution in [0.25, 0.3) is 0 Å². The summed E-state index contributed by atoms with van der Waals surface area (Å²) in [5.41, 5.74) is 8.08. The molecule has 0 aliphatic carbocycles. The summed E-state index contributed by atoms with van der Waals surface area (Å²) in [6, 6.07) is 5.82. The number of rotatable bonds is 22. The Balaban J connectivity index is 2.83. The van der Waals surface area contributed by atoms with Crippen molar-refractivity contribution >= 4 is 29.4 Å². The molecule has 0 fully saturated rings. The SMILES string of the molecule is C=C(N[C@H](CN[C@@H](C)C(=O)NCc1cccc(N)c1)CC(C)C)[C@H](CCC)NC(=O)[C@@H](NC(=O)CCCC(=O)O)[C@@H](C)CC. The van der Waals surface area contributed by atoms with E-state index in [9.17, 15) is 19.2 Å². The van der Waals surface area contributed by atoms with E-state index in [1.54, 1.807) is 6.07 Å². The van der Waals surface area contributed by atoms with Crippen molar-refractivity contribution in [2.24, 2.45) is 11.8 Å². The van der Waals surface area contributed by atoms with Gasteiger partial charge in [0, 0.05) is 43.4 Å². The molecule has 1 rings (SSSR count). The van der Waals surface area contributed by atoms with Gasteiger partial charge in [-0.1, -0.05) is 66.2 Å². The Kier molecular flexibility index (Phi) is 17.8. The Morgan fingerprint density at radius 1 is 0.977 bits per heavy atom. The molecule has 0 heterocycles. The second-order valence-electron chi connectivity index (χ2n) is 12.1. The van der Waals surface area contributed by atoms with Gasteiger partial charge >= 0.3 is 5.97 Å². The van der Waals surface area contributed by atoms with E-state index in [0.717, 1.165) is 18.4 Å². The van der Waals surface area contributed by atoms with Crippen molar-refractivity contribution in [3.63, 3.8) is 0 Å². The van der Waals surface area contributed by atoms with Crippen LogP contribution in [0.4, 0.5) is 5.69 Å². The lowest BCUT2D eigenvalue weighted by Crippen LogP contribution is -2.54. The molecular formula is C33H56N6O5. The second kappa shape index (κ2) is 20.4. The van der Waals surface area contributed by atoms with Crippen LogP contribution in [0.15, 0.2) is 36.5 Å². The molecule has 0 saturated carbocycles. The van der Waals surface area contributed by atoms with Crippen LogP contribution in [-0.2, 0) is 25.7 Å². The van der Waals surface area contributed by atoms with Gasteiger partial charge in [0.15, 0.2) is 0 Å². The molecule has 44 heavy (non-hydrogen) atoms. The van der Waals surface area contributed by atoms with Crippen molar-refractivity contribution in [2.45, 2.75) is 117 Å². The van der Waals surface area contributed by atoms with Gasteiger partial charge in [0.1, 0.15) is 6.04 Å². The van der Waals surface area contributed by atoms with Crippen LogP contribution >= 0.6 is 0 Å². The monoisotopic (exact) mass is 616 g/mol. The highest BCUT2D eigenvalue weighted by Gasteiger charge is 2.29. The van der Waals surface area contributed by atoms with Gasteiger partial charge in [-0.2, -0.15) is 0 Å². The van der Waals surface area contributed by atoms with E-state index in [1.807, 2.05) is 45.9 Å². The lowest BCUT2D eigenvalue weighted by molar-refractivity contribution is -0.137. The summed E-state index contributed by atoms with van der Waals surface area (Å²) in [7, 11) is 0. The van der Waals surface area contributed by atoms with Gasteiger partial charge in [-0.25, -0.2) is 0 Å². The van der Waals surface area contributed by atoms with E-state index >= 15 is 0 Å². The average Bonchev–Trinajstić information content (AvgIpc) is 2.96. The highest BCUT2D eigenvalue weighted by Crippen LogP contribution is 2.14. The quantitative estimate of drug-likeness (QED) is 0.0970. The Morgan fingerprint density at radius 3 is 2.27 bits per heavy atom. The molecule has 0 unspecified atom stereocenters. The first-order valence-corrected chi connectivity index (χ1v) is 15.9. The molecule has 248 valence electrons. The van der Waals surface area contributed by atoms with Crippen LogP contribution in [0, 0.1) is 11.8 Å². The fraction of sp³-hybridized carbons (Fsp3) is 0.636. The van der Waals surface area contributed by atoms with Crippen molar-refractivity contribution in [3.8, 4) is 0 Å². The molecule has 0 bridgehead atoms. The predicted molar refractivity (Wildman–Crippen MR) is 175 cm³/mol. The molecule has 1 aromatic rings. The topological polar surface area (TPSA) is 175 Å². The third-order valence-corrected chi connectivity index (χ3v) is 7.55. The number of anilines is 1. The van der Waals surface area contributed by atoms with E-state index in [1.165, 1.54) is 0 Å². The summed E-state index contributed by atoms with van der Waals surface area (Å²) in [4.78, 5) is 49.5. The van der Waals surface area contributed by atoms with E-state index in [-0.39, 0.29) is 55.0 Å². The van der Waals surface area contributed by atoms with Gasteiger partial charge < -0.3 is 37.4 Å². The van der Waals surface area contributed by atoms with Gasteiger partial charge in [-0.3, -0.25) is 19.2 Å². The zero-order valence-electron chi connectivity index (χ0n) is 27.5. The van der Waals surface area contributed by atoms with E-state index in [4.69, 9.17) is 10.8 Å². The number of carboxylic acids is 1. The summed E-state index contributed by atoms with van der Waals surface area (Å²) in [5, 5.41) is 24.5. The Morgan fingerprint density at radius 2 is 1.68 bits per heavy atom. The van der Waals surface area contributed by atoms with Gasteiger partial charge in [-0.15, -0.1) is 0 Å². The normalized spacial score (nSPS) is 14.5. The number of nitrogens with two attached hydrogens (primary N) is 1.